The number of nitrogens with zero attached hydrogens (tertiary/aromatic N) is 3. The lowest BCUT2D eigenvalue weighted by Crippen LogP contribution is -2.47. The minimum atomic E-state index is -0.439. The first-order valence-electron chi connectivity index (χ1n) is 8.55. The van der Waals surface area contributed by atoms with Gasteiger partial charge in [-0.25, -0.2) is 0 Å². The van der Waals surface area contributed by atoms with Gasteiger partial charge in [0.1, 0.15) is 17.9 Å². The summed E-state index contributed by atoms with van der Waals surface area (Å²) in [6.07, 6.45) is 3.40. The van der Waals surface area contributed by atoms with Crippen molar-refractivity contribution >= 4 is 11.6 Å². The summed E-state index contributed by atoms with van der Waals surface area (Å²) < 4.78 is 1.43. The standard InChI is InChI=1S/C17H26N4O3/c1-10-15(21(23)24)11(2)20(19-10)9-14(22)18-13-8-12-6-7-17(13,5)16(12,3)4/h12-13H,6-9H2,1-5H3,(H,18,22). The molecule has 2 aliphatic carbocycles. The van der Waals surface area contributed by atoms with E-state index in [9.17, 15) is 14.9 Å². The number of fused-ring (bicyclic) bond motifs is 2. The highest BCUT2D eigenvalue weighted by Gasteiger charge is 2.61. The molecule has 1 amide bonds. The number of carbonyl (C=O) groups is 1. The zero-order valence-electron chi connectivity index (χ0n) is 15.0. The van der Waals surface area contributed by atoms with Crippen LogP contribution in [0, 0.1) is 40.7 Å². The van der Waals surface area contributed by atoms with E-state index in [-0.39, 0.29) is 35.0 Å². The van der Waals surface area contributed by atoms with Gasteiger partial charge in [-0.15, -0.1) is 0 Å². The van der Waals surface area contributed by atoms with Gasteiger partial charge in [0.15, 0.2) is 0 Å². The molecular weight excluding hydrogens is 308 g/mol. The summed E-state index contributed by atoms with van der Waals surface area (Å²) >= 11 is 0. The molecule has 0 aromatic carbocycles. The molecule has 3 atom stereocenters. The zero-order valence-corrected chi connectivity index (χ0v) is 15.0. The van der Waals surface area contributed by atoms with E-state index in [1.165, 1.54) is 11.1 Å². The van der Waals surface area contributed by atoms with Crippen LogP contribution in [0.3, 0.4) is 0 Å². The van der Waals surface area contributed by atoms with Gasteiger partial charge in [0.25, 0.3) is 0 Å². The normalized spacial score (nSPS) is 30.5. The minimum absolute atomic E-state index is 0.00387. The quantitative estimate of drug-likeness (QED) is 0.677. The Morgan fingerprint density at radius 2 is 2.08 bits per heavy atom. The fourth-order valence-electron chi connectivity index (χ4n) is 4.90. The van der Waals surface area contributed by atoms with Crippen LogP contribution in [0.4, 0.5) is 5.69 Å². The third-order valence-corrected chi connectivity index (χ3v) is 6.95. The molecule has 0 spiro atoms. The van der Waals surface area contributed by atoms with Crippen molar-refractivity contribution in [1.29, 1.82) is 0 Å². The molecule has 7 heteroatoms. The Bertz CT molecular complexity index is 709. The van der Waals surface area contributed by atoms with Crippen molar-refractivity contribution in [3.63, 3.8) is 0 Å². The van der Waals surface area contributed by atoms with Crippen LogP contribution in [-0.2, 0) is 11.3 Å². The Kier molecular flexibility index (Phi) is 3.73. The van der Waals surface area contributed by atoms with Gasteiger partial charge < -0.3 is 5.32 Å². The van der Waals surface area contributed by atoms with E-state index in [0.717, 1.165) is 12.8 Å². The van der Waals surface area contributed by atoms with E-state index in [0.29, 0.717) is 17.3 Å². The lowest BCUT2D eigenvalue weighted by Gasteiger charge is -2.39. The summed E-state index contributed by atoms with van der Waals surface area (Å²) in [5.41, 5.74) is 1.12. The third kappa shape index (κ3) is 2.24. The third-order valence-electron chi connectivity index (χ3n) is 6.95. The number of nitro groups is 1. The largest absolute Gasteiger partial charge is 0.351 e. The maximum absolute atomic E-state index is 12.5. The Balaban J connectivity index is 1.72. The van der Waals surface area contributed by atoms with Gasteiger partial charge in [0.2, 0.25) is 5.91 Å². The summed E-state index contributed by atoms with van der Waals surface area (Å²) in [5, 5.41) is 18.4. The Morgan fingerprint density at radius 1 is 1.42 bits per heavy atom. The topological polar surface area (TPSA) is 90.1 Å². The van der Waals surface area contributed by atoms with E-state index in [2.05, 4.69) is 31.2 Å². The van der Waals surface area contributed by atoms with Crippen LogP contribution in [0.1, 0.15) is 51.4 Å². The molecule has 2 saturated carbocycles. The fraction of sp³-hybridized carbons (Fsp3) is 0.765. The molecular formula is C17H26N4O3. The van der Waals surface area contributed by atoms with E-state index in [1.54, 1.807) is 13.8 Å². The molecule has 132 valence electrons. The van der Waals surface area contributed by atoms with E-state index in [1.807, 2.05) is 0 Å². The number of rotatable bonds is 4. The SMILES string of the molecule is Cc1nn(CC(=O)NC2CC3CCC2(C)C3(C)C)c(C)c1[N+](=O)[O-]. The van der Waals surface area contributed by atoms with Crippen LogP contribution in [-0.4, -0.2) is 26.7 Å². The maximum atomic E-state index is 12.5. The second-order valence-corrected chi connectivity index (χ2v) is 8.16. The van der Waals surface area contributed by atoms with Crippen LogP contribution in [0.25, 0.3) is 0 Å². The van der Waals surface area contributed by atoms with Crippen molar-refractivity contribution in [3.8, 4) is 0 Å². The van der Waals surface area contributed by atoms with Gasteiger partial charge in [0.05, 0.1) is 4.92 Å². The second kappa shape index (κ2) is 5.29. The lowest BCUT2D eigenvalue weighted by molar-refractivity contribution is -0.386. The van der Waals surface area contributed by atoms with E-state index < -0.39 is 4.92 Å². The van der Waals surface area contributed by atoms with E-state index in [4.69, 9.17) is 0 Å². The predicted molar refractivity (Wildman–Crippen MR) is 89.5 cm³/mol. The molecule has 0 radical (unpaired) electrons. The Morgan fingerprint density at radius 3 is 2.54 bits per heavy atom. The molecule has 24 heavy (non-hydrogen) atoms. The summed E-state index contributed by atoms with van der Waals surface area (Å²) in [4.78, 5) is 23.1. The molecule has 3 rings (SSSR count). The summed E-state index contributed by atoms with van der Waals surface area (Å²) in [6, 6.07) is 0.172. The first kappa shape index (κ1) is 16.9. The average molecular weight is 334 g/mol. The molecule has 0 aliphatic heterocycles. The number of aryl methyl sites for hydroxylation is 1. The van der Waals surface area contributed by atoms with Crippen molar-refractivity contribution in [2.24, 2.45) is 16.7 Å². The van der Waals surface area contributed by atoms with Crippen molar-refractivity contribution in [3.05, 3.63) is 21.5 Å². The van der Waals surface area contributed by atoms with Crippen LogP contribution in [0.15, 0.2) is 0 Å². The van der Waals surface area contributed by atoms with Crippen molar-refractivity contribution in [2.75, 3.05) is 0 Å². The van der Waals surface area contributed by atoms with E-state index >= 15 is 0 Å². The highest BCUT2D eigenvalue weighted by molar-refractivity contribution is 5.76. The van der Waals surface area contributed by atoms with Gasteiger partial charge >= 0.3 is 5.69 Å². The average Bonchev–Trinajstić information content (AvgIpc) is 2.93. The summed E-state index contributed by atoms with van der Waals surface area (Å²) in [7, 11) is 0. The summed E-state index contributed by atoms with van der Waals surface area (Å²) in [5.74, 6) is 0.535. The van der Waals surface area contributed by atoms with Gasteiger partial charge in [-0.1, -0.05) is 20.8 Å². The molecule has 0 saturated heterocycles. The molecule has 7 nitrogen and oxygen atoms in total. The fourth-order valence-corrected chi connectivity index (χ4v) is 4.90. The zero-order chi connectivity index (χ0) is 17.9. The number of hydrogen-bond donors (Lipinski definition) is 1. The van der Waals surface area contributed by atoms with Gasteiger partial charge in [0, 0.05) is 6.04 Å². The Labute approximate surface area is 142 Å². The van der Waals surface area contributed by atoms with Crippen molar-refractivity contribution in [1.82, 2.24) is 15.1 Å². The van der Waals surface area contributed by atoms with Gasteiger partial charge in [-0.3, -0.25) is 19.6 Å². The number of carbonyl (C=O) groups excluding carboxylic acids is 1. The number of amides is 1. The first-order valence-corrected chi connectivity index (χ1v) is 8.55. The van der Waals surface area contributed by atoms with Crippen LogP contribution < -0.4 is 5.32 Å². The van der Waals surface area contributed by atoms with Crippen molar-refractivity contribution in [2.45, 2.75) is 66.5 Å². The van der Waals surface area contributed by atoms with Gasteiger partial charge in [-0.2, -0.15) is 5.10 Å². The predicted octanol–water partition coefficient (Wildman–Crippen LogP) is 2.74. The summed E-state index contributed by atoms with van der Waals surface area (Å²) in [6.45, 7) is 10.1. The molecule has 1 aromatic rings. The molecule has 1 heterocycles. The number of hydrogen-bond acceptors (Lipinski definition) is 4. The highest BCUT2D eigenvalue weighted by atomic mass is 16.6. The lowest BCUT2D eigenvalue weighted by atomic mass is 9.69. The van der Waals surface area contributed by atoms with Crippen LogP contribution in [0.5, 0.6) is 0 Å². The number of aromatic nitrogens is 2. The number of nitrogens with one attached hydrogen (secondary N) is 1. The molecule has 3 unspecified atom stereocenters. The molecule has 2 bridgehead atoms. The van der Waals surface area contributed by atoms with Crippen molar-refractivity contribution < 1.29 is 9.72 Å². The molecule has 2 fully saturated rings. The van der Waals surface area contributed by atoms with Gasteiger partial charge in [-0.05, 0) is 49.9 Å². The molecule has 2 aliphatic rings. The highest BCUT2D eigenvalue weighted by Crippen LogP contribution is 2.65. The maximum Gasteiger partial charge on any atom is 0.312 e. The van der Waals surface area contributed by atoms with Crippen LogP contribution in [0.2, 0.25) is 0 Å². The van der Waals surface area contributed by atoms with Crippen LogP contribution >= 0.6 is 0 Å². The minimum Gasteiger partial charge on any atom is -0.351 e. The Hall–Kier alpha value is -1.92. The molecule has 1 N–H and O–H groups in total. The molecule has 1 aromatic heterocycles. The monoisotopic (exact) mass is 334 g/mol. The smallest absolute Gasteiger partial charge is 0.312 e. The first-order chi connectivity index (χ1) is 11.1. The second-order valence-electron chi connectivity index (χ2n) is 8.16.